The van der Waals surface area contributed by atoms with Gasteiger partial charge in [-0.2, -0.15) is 5.10 Å². The van der Waals surface area contributed by atoms with Gasteiger partial charge in [0.2, 0.25) is 0 Å². The lowest BCUT2D eigenvalue weighted by atomic mass is 10.0. The summed E-state index contributed by atoms with van der Waals surface area (Å²) in [4.78, 5) is 8.64. The number of nitrogens with one attached hydrogen (secondary N) is 1. The molecule has 3 aromatic rings. The lowest BCUT2D eigenvalue weighted by Crippen LogP contribution is -2.22. The fourth-order valence-electron chi connectivity index (χ4n) is 2.41. The highest BCUT2D eigenvalue weighted by Crippen LogP contribution is 2.29. The number of nitrogens with two attached hydrogens (primary N) is 2. The summed E-state index contributed by atoms with van der Waals surface area (Å²) >= 11 is 0. The van der Waals surface area contributed by atoms with Crippen molar-refractivity contribution in [2.75, 3.05) is 18.0 Å². The molecule has 0 saturated heterocycles. The number of aromatic nitrogens is 3. The highest BCUT2D eigenvalue weighted by Gasteiger charge is 2.13. The van der Waals surface area contributed by atoms with E-state index in [0.717, 1.165) is 16.6 Å². The Bertz CT molecular complexity index is 894. The van der Waals surface area contributed by atoms with Crippen molar-refractivity contribution >= 4 is 28.6 Å². The molecule has 7 nitrogen and oxygen atoms in total. The number of pyridine rings is 1. The van der Waals surface area contributed by atoms with Crippen molar-refractivity contribution in [1.82, 2.24) is 15.2 Å². The molecule has 3 rings (SSSR count). The largest absolute Gasteiger partial charge is 0.398 e. The number of fused-ring (bicyclic) bond motifs is 1. The van der Waals surface area contributed by atoms with Gasteiger partial charge in [0.1, 0.15) is 5.82 Å². The molecule has 0 radical (unpaired) electrons. The summed E-state index contributed by atoms with van der Waals surface area (Å²) in [5.74, 6) is 0.307. The molecule has 0 aliphatic carbocycles. The number of hydrogen-bond acceptors (Lipinski definition) is 6. The van der Waals surface area contributed by atoms with Crippen molar-refractivity contribution < 1.29 is 5.11 Å². The van der Waals surface area contributed by atoms with Gasteiger partial charge in [-0.3, -0.25) is 10.1 Å². The van der Waals surface area contributed by atoms with E-state index in [1.54, 1.807) is 26.3 Å². The zero-order valence-electron chi connectivity index (χ0n) is 13.6. The minimum Gasteiger partial charge on any atom is -0.398 e. The first-order valence-electron chi connectivity index (χ1n) is 7.56. The molecule has 2 aromatic heterocycles. The van der Waals surface area contributed by atoms with Crippen molar-refractivity contribution in [3.05, 3.63) is 36.0 Å². The zero-order valence-corrected chi connectivity index (χ0v) is 13.6. The molecule has 0 unspecified atom stereocenters. The molecule has 0 spiro atoms. The van der Waals surface area contributed by atoms with E-state index in [2.05, 4.69) is 20.2 Å². The van der Waals surface area contributed by atoms with Crippen molar-refractivity contribution in [3.8, 4) is 11.3 Å². The van der Waals surface area contributed by atoms with Crippen LogP contribution >= 0.6 is 0 Å². The van der Waals surface area contributed by atoms with Gasteiger partial charge in [-0.15, -0.1) is 0 Å². The van der Waals surface area contributed by atoms with Gasteiger partial charge in [-0.05, 0) is 26.0 Å². The first-order valence-corrected chi connectivity index (χ1v) is 7.56. The van der Waals surface area contributed by atoms with Crippen LogP contribution in [0.1, 0.15) is 19.4 Å². The van der Waals surface area contributed by atoms with Gasteiger partial charge < -0.3 is 16.6 Å². The molecule has 0 bridgehead atoms. The van der Waals surface area contributed by atoms with Gasteiger partial charge in [0.25, 0.3) is 0 Å². The number of anilines is 2. The molecule has 0 amide bonds. The highest BCUT2D eigenvalue weighted by molar-refractivity contribution is 6.04. The van der Waals surface area contributed by atoms with Crippen LogP contribution in [0.5, 0.6) is 0 Å². The molecule has 6 N–H and O–H groups in total. The van der Waals surface area contributed by atoms with E-state index in [-0.39, 0.29) is 6.54 Å². The molecule has 0 fully saturated rings. The van der Waals surface area contributed by atoms with Crippen LogP contribution in [0.25, 0.3) is 22.2 Å². The summed E-state index contributed by atoms with van der Waals surface area (Å²) in [6.45, 7) is 3.63. The van der Waals surface area contributed by atoms with Crippen molar-refractivity contribution in [2.24, 2.45) is 4.99 Å². The second kappa shape index (κ2) is 5.93. The number of aromatic amines is 1. The normalized spacial score (nSPS) is 12.3. The molecular weight excluding hydrogens is 304 g/mol. The maximum absolute atomic E-state index is 9.73. The SMILES string of the molecule is CC(C)(O)CN=Cc1c(N)nc2cc(-c3ccn[nH]3)ccc2c1N. The summed E-state index contributed by atoms with van der Waals surface area (Å²) in [7, 11) is 0. The Labute approximate surface area is 139 Å². The predicted octanol–water partition coefficient (Wildman–Crippen LogP) is 1.98. The number of nitrogens with zero attached hydrogens (tertiary/aromatic N) is 3. The maximum Gasteiger partial charge on any atom is 0.135 e. The third-order valence-corrected chi connectivity index (χ3v) is 3.61. The quantitative estimate of drug-likeness (QED) is 0.546. The number of rotatable bonds is 4. The van der Waals surface area contributed by atoms with E-state index in [1.165, 1.54) is 0 Å². The Morgan fingerprint density at radius 1 is 1.29 bits per heavy atom. The molecule has 124 valence electrons. The predicted molar refractivity (Wildman–Crippen MR) is 96.9 cm³/mol. The molecule has 1 aromatic carbocycles. The third-order valence-electron chi connectivity index (χ3n) is 3.61. The minimum absolute atomic E-state index is 0.253. The van der Waals surface area contributed by atoms with Gasteiger partial charge in [-0.1, -0.05) is 12.1 Å². The number of aliphatic imine (C=N–C) groups is 1. The number of nitrogen functional groups attached to an aromatic ring is 2. The Kier molecular flexibility index (Phi) is 3.94. The minimum atomic E-state index is -0.886. The van der Waals surface area contributed by atoms with Crippen LogP contribution in [-0.2, 0) is 0 Å². The summed E-state index contributed by atoms with van der Waals surface area (Å²) in [6, 6.07) is 7.64. The van der Waals surface area contributed by atoms with Crippen LogP contribution in [0.15, 0.2) is 35.5 Å². The third kappa shape index (κ3) is 3.21. The Morgan fingerprint density at radius 3 is 2.75 bits per heavy atom. The fourth-order valence-corrected chi connectivity index (χ4v) is 2.41. The van der Waals surface area contributed by atoms with Crippen LogP contribution < -0.4 is 11.5 Å². The average Bonchev–Trinajstić information content (AvgIpc) is 3.03. The van der Waals surface area contributed by atoms with E-state index in [1.807, 2.05) is 24.3 Å². The van der Waals surface area contributed by atoms with Crippen molar-refractivity contribution in [3.63, 3.8) is 0 Å². The van der Waals surface area contributed by atoms with E-state index in [4.69, 9.17) is 11.5 Å². The second-order valence-electron chi connectivity index (χ2n) is 6.31. The maximum atomic E-state index is 9.73. The van der Waals surface area contributed by atoms with Gasteiger partial charge in [0.05, 0.1) is 34.6 Å². The van der Waals surface area contributed by atoms with Gasteiger partial charge >= 0.3 is 0 Å². The molecular formula is C17H20N6O. The molecule has 24 heavy (non-hydrogen) atoms. The first kappa shape index (κ1) is 15.9. The lowest BCUT2D eigenvalue weighted by Gasteiger charge is -2.13. The molecule has 0 aliphatic rings. The molecule has 2 heterocycles. The van der Waals surface area contributed by atoms with Crippen molar-refractivity contribution in [1.29, 1.82) is 0 Å². The monoisotopic (exact) mass is 324 g/mol. The van der Waals surface area contributed by atoms with Crippen LogP contribution in [0.2, 0.25) is 0 Å². The first-order chi connectivity index (χ1) is 11.3. The van der Waals surface area contributed by atoms with E-state index < -0.39 is 5.60 Å². The molecule has 0 atom stereocenters. The van der Waals surface area contributed by atoms with Crippen LogP contribution in [0.4, 0.5) is 11.5 Å². The number of hydrogen-bond donors (Lipinski definition) is 4. The van der Waals surface area contributed by atoms with Crippen LogP contribution in [0, 0.1) is 0 Å². The van der Waals surface area contributed by atoms with E-state index >= 15 is 0 Å². The zero-order chi connectivity index (χ0) is 17.3. The van der Waals surface area contributed by atoms with Crippen LogP contribution in [-0.4, -0.2) is 38.6 Å². The second-order valence-corrected chi connectivity index (χ2v) is 6.31. The number of H-pyrrole nitrogens is 1. The average molecular weight is 324 g/mol. The van der Waals surface area contributed by atoms with E-state index in [9.17, 15) is 5.11 Å². The van der Waals surface area contributed by atoms with Gasteiger partial charge in [-0.25, -0.2) is 4.98 Å². The number of benzene rings is 1. The standard InChI is InChI=1S/C17H20N6O/c1-17(2,24)9-20-8-12-15(18)11-4-3-10(13-5-6-21-23-13)7-14(11)22-16(12)19/h3-8,24H,9H2,1-2H3,(H,21,23)(H4,18,19,22). The molecule has 0 aliphatic heterocycles. The Morgan fingerprint density at radius 2 is 2.08 bits per heavy atom. The Balaban J connectivity index is 2.03. The van der Waals surface area contributed by atoms with Gasteiger partial charge in [0, 0.05) is 23.4 Å². The summed E-state index contributed by atoms with van der Waals surface area (Å²) in [6.07, 6.45) is 3.26. The summed E-state index contributed by atoms with van der Waals surface area (Å²) in [5.41, 5.74) is 15.0. The number of aliphatic hydroxyl groups is 1. The highest BCUT2D eigenvalue weighted by atomic mass is 16.3. The molecule has 0 saturated carbocycles. The summed E-state index contributed by atoms with van der Waals surface area (Å²) < 4.78 is 0. The van der Waals surface area contributed by atoms with E-state index in [0.29, 0.717) is 22.6 Å². The smallest absolute Gasteiger partial charge is 0.135 e. The summed E-state index contributed by atoms with van der Waals surface area (Å²) in [5, 5.41) is 17.4. The van der Waals surface area contributed by atoms with Crippen molar-refractivity contribution in [2.45, 2.75) is 19.4 Å². The topological polar surface area (TPSA) is 126 Å². The Hall–Kier alpha value is -2.93. The van der Waals surface area contributed by atoms with Gasteiger partial charge in [0.15, 0.2) is 0 Å². The lowest BCUT2D eigenvalue weighted by molar-refractivity contribution is 0.0906. The van der Waals surface area contributed by atoms with Crippen LogP contribution in [0.3, 0.4) is 0 Å². The molecule has 7 heteroatoms. The fraction of sp³-hybridized carbons (Fsp3) is 0.235.